The van der Waals surface area contributed by atoms with Crippen molar-refractivity contribution in [1.29, 1.82) is 0 Å². The van der Waals surface area contributed by atoms with Gasteiger partial charge in [-0.2, -0.15) is 16.9 Å². The van der Waals surface area contributed by atoms with E-state index in [9.17, 15) is 8.42 Å². The molecule has 20 heavy (non-hydrogen) atoms. The second kappa shape index (κ2) is 6.93. The highest BCUT2D eigenvalue weighted by Crippen LogP contribution is 2.28. The van der Waals surface area contributed by atoms with Crippen molar-refractivity contribution in [3.8, 4) is 0 Å². The summed E-state index contributed by atoms with van der Waals surface area (Å²) in [6.07, 6.45) is 8.97. The van der Waals surface area contributed by atoms with Gasteiger partial charge in [-0.3, -0.25) is 4.68 Å². The van der Waals surface area contributed by atoms with Crippen LogP contribution in [0.5, 0.6) is 0 Å². The van der Waals surface area contributed by atoms with E-state index in [1.807, 2.05) is 6.26 Å². The van der Waals surface area contributed by atoms with E-state index in [-0.39, 0.29) is 17.5 Å². The Balaban J connectivity index is 2.09. The number of aromatic nitrogens is 2. The van der Waals surface area contributed by atoms with Crippen LogP contribution in [0.3, 0.4) is 0 Å². The lowest BCUT2D eigenvalue weighted by Crippen LogP contribution is -2.43. The molecular formula is C12H21N3O3S2. The maximum atomic E-state index is 12.3. The van der Waals surface area contributed by atoms with Crippen molar-refractivity contribution in [3.05, 3.63) is 12.4 Å². The van der Waals surface area contributed by atoms with Gasteiger partial charge in [-0.25, -0.2) is 13.1 Å². The molecule has 1 aromatic rings. The highest BCUT2D eigenvalue weighted by atomic mass is 32.2. The smallest absolute Gasteiger partial charge is 0.243 e. The van der Waals surface area contributed by atoms with Gasteiger partial charge in [0, 0.05) is 17.5 Å². The summed E-state index contributed by atoms with van der Waals surface area (Å²) in [5, 5.41) is 13.1. The minimum absolute atomic E-state index is 0.00931. The molecule has 2 rings (SSSR count). The van der Waals surface area contributed by atoms with Crippen molar-refractivity contribution in [2.75, 3.05) is 12.9 Å². The summed E-state index contributed by atoms with van der Waals surface area (Å²) in [7, 11) is -3.53. The Labute approximate surface area is 124 Å². The third-order valence-corrected chi connectivity index (χ3v) is 6.17. The summed E-state index contributed by atoms with van der Waals surface area (Å²) < 4.78 is 28.9. The van der Waals surface area contributed by atoms with Crippen LogP contribution in [0.1, 0.15) is 25.7 Å². The largest absolute Gasteiger partial charge is 0.394 e. The van der Waals surface area contributed by atoms with Crippen LogP contribution in [-0.4, -0.2) is 47.5 Å². The summed E-state index contributed by atoms with van der Waals surface area (Å²) in [5.74, 6) is 0. The number of hydrogen-bond acceptors (Lipinski definition) is 5. The molecule has 2 atom stereocenters. The van der Waals surface area contributed by atoms with E-state index < -0.39 is 10.0 Å². The molecule has 1 aliphatic carbocycles. The normalized spacial score (nSPS) is 23.9. The third-order valence-electron chi connectivity index (χ3n) is 3.56. The first-order valence-electron chi connectivity index (χ1n) is 6.75. The fraction of sp³-hybridized carbons (Fsp3) is 0.750. The molecule has 0 aliphatic heterocycles. The van der Waals surface area contributed by atoms with Gasteiger partial charge in [0.2, 0.25) is 10.0 Å². The Morgan fingerprint density at radius 3 is 2.95 bits per heavy atom. The fourth-order valence-electron chi connectivity index (χ4n) is 2.49. The summed E-state index contributed by atoms with van der Waals surface area (Å²) in [6.45, 7) is 0.234. The molecule has 2 unspecified atom stereocenters. The van der Waals surface area contributed by atoms with Crippen LogP contribution in [0.25, 0.3) is 0 Å². The Morgan fingerprint density at radius 2 is 2.25 bits per heavy atom. The van der Waals surface area contributed by atoms with E-state index in [4.69, 9.17) is 5.11 Å². The quantitative estimate of drug-likeness (QED) is 0.811. The van der Waals surface area contributed by atoms with Gasteiger partial charge in [0.1, 0.15) is 4.90 Å². The van der Waals surface area contributed by atoms with Crippen molar-refractivity contribution in [3.63, 3.8) is 0 Å². The molecule has 0 amide bonds. The number of sulfonamides is 1. The maximum Gasteiger partial charge on any atom is 0.243 e. The maximum absolute atomic E-state index is 12.3. The Bertz CT molecular complexity index is 530. The molecular weight excluding hydrogens is 298 g/mol. The monoisotopic (exact) mass is 319 g/mol. The van der Waals surface area contributed by atoms with Crippen molar-refractivity contribution in [1.82, 2.24) is 14.5 Å². The average Bonchev–Trinajstić information content (AvgIpc) is 2.89. The average molecular weight is 319 g/mol. The van der Waals surface area contributed by atoms with Crippen molar-refractivity contribution < 1.29 is 13.5 Å². The number of thioether (sulfide) groups is 1. The second-order valence-corrected chi connectivity index (χ2v) is 7.74. The van der Waals surface area contributed by atoms with Gasteiger partial charge in [-0.05, 0) is 19.1 Å². The standard InChI is InChI=1S/C12H21N3O3S2/c1-19-12-5-3-2-4-11(12)14-20(17,18)10-8-13-15(9-10)6-7-16/h8-9,11-12,14,16H,2-7H2,1H3. The zero-order chi connectivity index (χ0) is 14.6. The molecule has 0 radical (unpaired) electrons. The highest BCUT2D eigenvalue weighted by Gasteiger charge is 2.29. The van der Waals surface area contributed by atoms with E-state index in [1.54, 1.807) is 11.8 Å². The molecule has 8 heteroatoms. The Hall–Kier alpha value is -0.570. The van der Waals surface area contributed by atoms with E-state index in [1.165, 1.54) is 17.1 Å². The van der Waals surface area contributed by atoms with Crippen LogP contribution in [0, 0.1) is 0 Å². The van der Waals surface area contributed by atoms with Crippen molar-refractivity contribution in [2.24, 2.45) is 0 Å². The predicted octanol–water partition coefficient (Wildman–Crippen LogP) is 0.828. The lowest BCUT2D eigenvalue weighted by Gasteiger charge is -2.30. The number of aliphatic hydroxyl groups excluding tert-OH is 1. The fourth-order valence-corrected chi connectivity index (χ4v) is 4.77. The molecule has 1 heterocycles. The number of nitrogens with zero attached hydrogens (tertiary/aromatic N) is 2. The van der Waals surface area contributed by atoms with Gasteiger partial charge in [0.15, 0.2) is 0 Å². The molecule has 0 spiro atoms. The lowest BCUT2D eigenvalue weighted by atomic mass is 9.96. The van der Waals surface area contributed by atoms with Gasteiger partial charge in [0.05, 0.1) is 19.3 Å². The molecule has 0 bridgehead atoms. The zero-order valence-corrected chi connectivity index (χ0v) is 13.2. The van der Waals surface area contributed by atoms with Crippen LogP contribution in [0.15, 0.2) is 17.3 Å². The summed E-state index contributed by atoms with van der Waals surface area (Å²) in [5.41, 5.74) is 0. The predicted molar refractivity (Wildman–Crippen MR) is 79.2 cm³/mol. The first-order valence-corrected chi connectivity index (χ1v) is 9.52. The SMILES string of the molecule is CSC1CCCCC1NS(=O)(=O)c1cnn(CCO)c1. The Kier molecular flexibility index (Phi) is 5.48. The molecule has 1 fully saturated rings. The van der Waals surface area contributed by atoms with E-state index in [0.29, 0.717) is 11.8 Å². The highest BCUT2D eigenvalue weighted by molar-refractivity contribution is 7.99. The minimum Gasteiger partial charge on any atom is -0.394 e. The van der Waals surface area contributed by atoms with Gasteiger partial charge >= 0.3 is 0 Å². The summed E-state index contributed by atoms with van der Waals surface area (Å²) >= 11 is 1.72. The number of nitrogens with one attached hydrogen (secondary N) is 1. The molecule has 2 N–H and O–H groups in total. The Morgan fingerprint density at radius 1 is 1.50 bits per heavy atom. The molecule has 114 valence electrons. The molecule has 1 aliphatic rings. The number of rotatable bonds is 6. The molecule has 6 nitrogen and oxygen atoms in total. The second-order valence-electron chi connectivity index (χ2n) is 4.95. The van der Waals surface area contributed by atoms with Gasteiger partial charge in [0.25, 0.3) is 0 Å². The van der Waals surface area contributed by atoms with Crippen LogP contribution < -0.4 is 4.72 Å². The minimum atomic E-state index is -3.53. The van der Waals surface area contributed by atoms with E-state index in [0.717, 1.165) is 25.7 Å². The first kappa shape index (κ1) is 15.8. The topological polar surface area (TPSA) is 84.2 Å². The van der Waals surface area contributed by atoms with Crippen molar-refractivity contribution in [2.45, 2.75) is 48.4 Å². The third kappa shape index (κ3) is 3.75. The van der Waals surface area contributed by atoms with Crippen LogP contribution >= 0.6 is 11.8 Å². The zero-order valence-electron chi connectivity index (χ0n) is 11.5. The van der Waals surface area contributed by atoms with Crippen LogP contribution in [0.2, 0.25) is 0 Å². The molecule has 1 aromatic heterocycles. The molecule has 0 saturated heterocycles. The van der Waals surface area contributed by atoms with Crippen LogP contribution in [0.4, 0.5) is 0 Å². The lowest BCUT2D eigenvalue weighted by molar-refractivity contribution is 0.269. The van der Waals surface area contributed by atoms with Crippen LogP contribution in [-0.2, 0) is 16.6 Å². The van der Waals surface area contributed by atoms with Gasteiger partial charge in [-0.15, -0.1) is 0 Å². The van der Waals surface area contributed by atoms with E-state index >= 15 is 0 Å². The summed E-state index contributed by atoms with van der Waals surface area (Å²) in [4.78, 5) is 0.163. The van der Waals surface area contributed by atoms with Crippen molar-refractivity contribution >= 4 is 21.8 Å². The van der Waals surface area contributed by atoms with Gasteiger partial charge < -0.3 is 5.11 Å². The van der Waals surface area contributed by atoms with Gasteiger partial charge in [-0.1, -0.05) is 12.8 Å². The molecule has 1 saturated carbocycles. The first-order chi connectivity index (χ1) is 9.56. The number of hydrogen-bond donors (Lipinski definition) is 2. The molecule has 0 aromatic carbocycles. The number of aliphatic hydroxyl groups is 1. The summed E-state index contributed by atoms with van der Waals surface area (Å²) in [6, 6.07) is -0.00931. The van der Waals surface area contributed by atoms with E-state index in [2.05, 4.69) is 9.82 Å².